The maximum absolute atomic E-state index is 12.6. The van der Waals surface area contributed by atoms with E-state index >= 15 is 0 Å². The fraction of sp³-hybridized carbons (Fsp3) is 0.0930. The summed E-state index contributed by atoms with van der Waals surface area (Å²) >= 11 is 1.83. The number of hydrogen-bond donors (Lipinski definition) is 0. The Labute approximate surface area is 538 Å². The van der Waals surface area contributed by atoms with Crippen LogP contribution in [0.3, 0.4) is 0 Å². The van der Waals surface area contributed by atoms with Crippen LogP contribution in [-0.4, -0.2) is 18.7 Å². The zero-order chi connectivity index (χ0) is 62.4. The van der Waals surface area contributed by atoms with E-state index < -0.39 is 0 Å². The van der Waals surface area contributed by atoms with E-state index in [0.717, 1.165) is 117 Å². The van der Waals surface area contributed by atoms with Crippen molar-refractivity contribution in [3.05, 3.63) is 287 Å². The summed E-state index contributed by atoms with van der Waals surface area (Å²) in [5.41, 5.74) is 29.6. The van der Waals surface area contributed by atoms with Gasteiger partial charge < -0.3 is 13.7 Å². The minimum atomic E-state index is 0.594. The molecule has 0 aliphatic heterocycles. The van der Waals surface area contributed by atoms with Gasteiger partial charge in [0.15, 0.2) is 0 Å². The van der Waals surface area contributed by atoms with Gasteiger partial charge in [0.25, 0.3) is 0 Å². The molecule has 0 saturated heterocycles. The summed E-state index contributed by atoms with van der Waals surface area (Å²) in [5.74, 6) is 0. The highest BCUT2D eigenvalue weighted by molar-refractivity contribution is 7.26. The second-order valence-corrected chi connectivity index (χ2v) is 26.6. The summed E-state index contributed by atoms with van der Waals surface area (Å²) in [5, 5.41) is 22.4. The molecule has 438 valence electrons. The largest absolute Gasteiger partial charge is 0.309 e. The highest BCUT2D eigenvalue weighted by Gasteiger charge is 2.31. The molecule has 0 aliphatic carbocycles. The van der Waals surface area contributed by atoms with Gasteiger partial charge in [-0.3, -0.25) is 4.98 Å². The molecule has 12 aromatic carbocycles. The van der Waals surface area contributed by atoms with Crippen molar-refractivity contribution in [1.82, 2.24) is 18.7 Å². The number of hydrogen-bond acceptors (Lipinski definition) is 3. The molecule has 6 heteroatoms. The van der Waals surface area contributed by atoms with E-state index in [0.29, 0.717) is 5.56 Å². The van der Waals surface area contributed by atoms with Crippen LogP contribution >= 0.6 is 11.3 Å². The van der Waals surface area contributed by atoms with Crippen LogP contribution in [0.5, 0.6) is 0 Å². The molecule has 0 spiro atoms. The maximum atomic E-state index is 12.6. The minimum Gasteiger partial charge on any atom is -0.309 e. The molecule has 0 bridgehead atoms. The van der Waals surface area contributed by atoms with Gasteiger partial charge in [-0.2, -0.15) is 5.26 Å². The lowest BCUT2D eigenvalue weighted by Crippen LogP contribution is -2.04. The van der Waals surface area contributed by atoms with E-state index in [1.54, 1.807) is 0 Å². The number of aromatic nitrogens is 4. The number of rotatable bonds is 8. The first-order valence-corrected chi connectivity index (χ1v) is 32.5. The molecule has 17 aromatic rings. The van der Waals surface area contributed by atoms with E-state index in [2.05, 4.69) is 312 Å². The summed E-state index contributed by atoms with van der Waals surface area (Å²) in [6.45, 7) is 17.2. The molecule has 0 atom stereocenters. The van der Waals surface area contributed by atoms with E-state index in [1.807, 2.05) is 11.3 Å². The average molecular weight is 1200 g/mol. The summed E-state index contributed by atoms with van der Waals surface area (Å²) in [6.07, 6.45) is 0. The highest BCUT2D eigenvalue weighted by Crippen LogP contribution is 2.56. The second-order valence-electron chi connectivity index (χ2n) is 25.5. The van der Waals surface area contributed by atoms with Gasteiger partial charge in [0.05, 0.1) is 38.7 Å². The fourth-order valence-corrected chi connectivity index (χ4v) is 16.3. The molecule has 0 unspecified atom stereocenters. The Bertz CT molecular complexity index is 5820. The lowest BCUT2D eigenvalue weighted by atomic mass is 9.75. The number of nitriles is 1. The van der Waals surface area contributed by atoms with E-state index in [-0.39, 0.29) is 0 Å². The van der Waals surface area contributed by atoms with Crippen molar-refractivity contribution >= 4 is 96.9 Å². The predicted molar refractivity (Wildman–Crippen MR) is 390 cm³/mol. The molecular formula is C86H63N5S. The van der Waals surface area contributed by atoms with Gasteiger partial charge in [0.2, 0.25) is 0 Å². The monoisotopic (exact) mass is 1200 g/mol. The predicted octanol–water partition coefficient (Wildman–Crippen LogP) is 23.4. The standard InChI is InChI=1S/C86H63N5S/c1-49-16-34-73-66(40-49)67-41-50(2)17-35-74(67)89(73)61-28-22-57(23-29-61)81-72(48-87)82(60-46-55(7)88-56(8)47-60)84(59-26-32-63(33-27-59)91-77-38-20-53(5)44-70(77)71-45-54(6)21-39-78(71)91)86(65-13-11-15-80-85(65)64-12-9-10-14-79(64)92-80)83(81)58-24-30-62(31-25-58)90-75-36-18-51(3)42-68(75)69-43-52(4)19-37-76(69)90/h9-47H,1-8H3. The van der Waals surface area contributed by atoms with Crippen molar-refractivity contribution in [2.24, 2.45) is 0 Å². The molecule has 0 saturated carbocycles. The van der Waals surface area contributed by atoms with Crippen LogP contribution in [-0.2, 0) is 0 Å². The Morgan fingerprint density at radius 3 is 1.01 bits per heavy atom. The van der Waals surface area contributed by atoms with Crippen molar-refractivity contribution in [1.29, 1.82) is 5.26 Å². The normalized spacial score (nSPS) is 11.9. The lowest BCUT2D eigenvalue weighted by molar-refractivity contribution is 1.12. The molecule has 0 fully saturated rings. The first-order valence-electron chi connectivity index (χ1n) is 31.7. The van der Waals surface area contributed by atoms with Gasteiger partial charge in [-0.25, -0.2) is 0 Å². The Morgan fingerprint density at radius 1 is 0.304 bits per heavy atom. The highest BCUT2D eigenvalue weighted by atomic mass is 32.1. The number of nitrogens with zero attached hydrogens (tertiary/aromatic N) is 5. The average Bonchev–Trinajstić information content (AvgIpc) is 1.19. The maximum Gasteiger partial charge on any atom is 0.100 e. The molecule has 0 amide bonds. The molecular weight excluding hydrogens is 1140 g/mol. The van der Waals surface area contributed by atoms with Gasteiger partial charge in [-0.05, 0) is 233 Å². The summed E-state index contributed by atoms with van der Waals surface area (Å²) in [6, 6.07) is 91.1. The van der Waals surface area contributed by atoms with Crippen LogP contribution in [0.25, 0.3) is 158 Å². The quantitative estimate of drug-likeness (QED) is 0.152. The van der Waals surface area contributed by atoms with Crippen molar-refractivity contribution < 1.29 is 0 Å². The van der Waals surface area contributed by atoms with Crippen LogP contribution in [0.1, 0.15) is 50.3 Å². The summed E-state index contributed by atoms with van der Waals surface area (Å²) < 4.78 is 9.63. The molecule has 0 aliphatic rings. The zero-order valence-corrected chi connectivity index (χ0v) is 53.5. The fourth-order valence-electron chi connectivity index (χ4n) is 15.2. The van der Waals surface area contributed by atoms with Crippen molar-refractivity contribution in [3.63, 3.8) is 0 Å². The third kappa shape index (κ3) is 8.60. The third-order valence-corrected chi connectivity index (χ3v) is 20.3. The minimum absolute atomic E-state index is 0.594. The first-order chi connectivity index (χ1) is 44.8. The van der Waals surface area contributed by atoms with Crippen LogP contribution in [0.15, 0.2) is 237 Å². The van der Waals surface area contributed by atoms with E-state index in [4.69, 9.17) is 4.98 Å². The van der Waals surface area contributed by atoms with Crippen LogP contribution in [0.4, 0.5) is 0 Å². The number of aryl methyl sites for hydroxylation is 8. The van der Waals surface area contributed by atoms with Gasteiger partial charge >= 0.3 is 0 Å². The number of pyridine rings is 1. The molecule has 92 heavy (non-hydrogen) atoms. The van der Waals surface area contributed by atoms with Gasteiger partial charge in [-0.1, -0.05) is 137 Å². The van der Waals surface area contributed by atoms with Gasteiger partial charge in [0.1, 0.15) is 6.07 Å². The van der Waals surface area contributed by atoms with E-state index in [1.165, 1.54) is 85.9 Å². The van der Waals surface area contributed by atoms with E-state index in [9.17, 15) is 5.26 Å². The Balaban J connectivity index is 1.00. The molecule has 0 radical (unpaired) electrons. The van der Waals surface area contributed by atoms with Gasteiger partial charge in [0, 0.05) is 92.1 Å². The van der Waals surface area contributed by atoms with Crippen molar-refractivity contribution in [2.45, 2.75) is 55.4 Å². The first kappa shape index (κ1) is 55.0. The van der Waals surface area contributed by atoms with Crippen molar-refractivity contribution in [2.75, 3.05) is 0 Å². The Morgan fingerprint density at radius 2 is 0.641 bits per heavy atom. The smallest absolute Gasteiger partial charge is 0.100 e. The summed E-state index contributed by atoms with van der Waals surface area (Å²) in [4.78, 5) is 4.99. The Hall–Kier alpha value is -11.1. The molecule has 17 rings (SSSR count). The molecule has 5 heterocycles. The van der Waals surface area contributed by atoms with Crippen LogP contribution < -0.4 is 0 Å². The topological polar surface area (TPSA) is 51.5 Å². The lowest BCUT2D eigenvalue weighted by Gasteiger charge is -2.27. The SMILES string of the molecule is Cc1ccc2c(c1)c1cc(C)ccc1n2-c1ccc(-c2c(C#N)c(-c3cc(C)nc(C)c3)c(-c3ccc(-n4c5ccc(C)cc5c5cc(C)ccc54)cc3)c(-c3cccc4sc5ccccc5c34)c2-c2ccc(-n3c4ccc(C)cc4c4cc(C)ccc43)cc2)cc1. The van der Waals surface area contributed by atoms with Crippen LogP contribution in [0, 0.1) is 66.7 Å². The van der Waals surface area contributed by atoms with Crippen molar-refractivity contribution in [3.8, 4) is 78.8 Å². The molecule has 5 aromatic heterocycles. The molecule has 5 nitrogen and oxygen atoms in total. The zero-order valence-electron chi connectivity index (χ0n) is 52.7. The second kappa shape index (κ2) is 21.0. The molecule has 0 N–H and O–H groups in total. The van der Waals surface area contributed by atoms with Gasteiger partial charge in [-0.15, -0.1) is 11.3 Å². The number of thiophene rings is 1. The number of fused-ring (bicyclic) bond motifs is 12. The third-order valence-electron chi connectivity index (χ3n) is 19.1. The van der Waals surface area contributed by atoms with Crippen LogP contribution in [0.2, 0.25) is 0 Å². The summed E-state index contributed by atoms with van der Waals surface area (Å²) in [7, 11) is 0. The Kier molecular flexibility index (Phi) is 12.6. The number of benzene rings is 12.